The standard InChI is InChI=1S/C14H20N2O5S/c1-21-13-7-10(3-4-12(13)17)8-15-14(18)16-6-5-11(9-16)22(2,19)20/h3-4,7,11,17H,5-6,8-9H2,1-2H3,(H,15,18)/t11-/m0/s1. The molecule has 0 radical (unpaired) electrons. The minimum absolute atomic E-state index is 0.0353. The summed E-state index contributed by atoms with van der Waals surface area (Å²) in [6.45, 7) is 0.932. The molecule has 0 saturated carbocycles. The number of urea groups is 1. The normalized spacial score (nSPS) is 18.3. The molecule has 2 rings (SSSR count). The second-order valence-corrected chi connectivity index (χ2v) is 7.68. The number of nitrogens with one attached hydrogen (secondary N) is 1. The van der Waals surface area contributed by atoms with Gasteiger partial charge in [0.15, 0.2) is 21.3 Å². The fourth-order valence-corrected chi connectivity index (χ4v) is 3.37. The first-order chi connectivity index (χ1) is 10.3. The number of carbonyl (C=O) groups is 1. The number of amides is 2. The third-order valence-corrected chi connectivity index (χ3v) is 5.32. The summed E-state index contributed by atoms with van der Waals surface area (Å²) < 4.78 is 28.0. The van der Waals surface area contributed by atoms with E-state index in [-0.39, 0.29) is 24.9 Å². The lowest BCUT2D eigenvalue weighted by Gasteiger charge is -2.17. The highest BCUT2D eigenvalue weighted by molar-refractivity contribution is 7.91. The van der Waals surface area contributed by atoms with Crippen molar-refractivity contribution in [3.05, 3.63) is 23.8 Å². The Hall–Kier alpha value is -1.96. The monoisotopic (exact) mass is 328 g/mol. The maximum atomic E-state index is 12.1. The summed E-state index contributed by atoms with van der Waals surface area (Å²) in [6, 6.07) is 4.52. The van der Waals surface area contributed by atoms with Crippen molar-refractivity contribution in [1.82, 2.24) is 10.2 Å². The van der Waals surface area contributed by atoms with Crippen molar-refractivity contribution in [3.63, 3.8) is 0 Å². The van der Waals surface area contributed by atoms with Crippen molar-refractivity contribution in [2.45, 2.75) is 18.2 Å². The van der Waals surface area contributed by atoms with Crippen molar-refractivity contribution in [2.75, 3.05) is 26.5 Å². The number of methoxy groups -OCH3 is 1. The summed E-state index contributed by atoms with van der Waals surface area (Å²) in [5.74, 6) is 0.373. The number of likely N-dealkylation sites (tertiary alicyclic amines) is 1. The molecule has 2 amide bonds. The predicted molar refractivity (Wildman–Crippen MR) is 81.7 cm³/mol. The van der Waals surface area contributed by atoms with E-state index in [0.717, 1.165) is 5.56 Å². The number of sulfone groups is 1. The van der Waals surface area contributed by atoms with Crippen LogP contribution in [0.2, 0.25) is 0 Å². The third kappa shape index (κ3) is 3.82. The molecule has 122 valence electrons. The molecule has 1 saturated heterocycles. The van der Waals surface area contributed by atoms with E-state index in [4.69, 9.17) is 4.74 Å². The topological polar surface area (TPSA) is 95.9 Å². The molecule has 2 N–H and O–H groups in total. The minimum Gasteiger partial charge on any atom is -0.504 e. The van der Waals surface area contributed by atoms with E-state index in [1.807, 2.05) is 0 Å². The lowest BCUT2D eigenvalue weighted by Crippen LogP contribution is -2.39. The van der Waals surface area contributed by atoms with Gasteiger partial charge in [0, 0.05) is 25.9 Å². The Morgan fingerprint density at radius 2 is 2.23 bits per heavy atom. The van der Waals surface area contributed by atoms with Crippen LogP contribution in [-0.2, 0) is 16.4 Å². The molecular weight excluding hydrogens is 308 g/mol. The number of nitrogens with zero attached hydrogens (tertiary/aromatic N) is 1. The number of hydrogen-bond donors (Lipinski definition) is 2. The summed E-state index contributed by atoms with van der Waals surface area (Å²) >= 11 is 0. The van der Waals surface area contributed by atoms with Crippen molar-refractivity contribution in [1.29, 1.82) is 0 Å². The zero-order valence-electron chi connectivity index (χ0n) is 12.6. The van der Waals surface area contributed by atoms with Gasteiger partial charge in [0.1, 0.15) is 0 Å². The number of ether oxygens (including phenoxy) is 1. The van der Waals surface area contributed by atoms with Gasteiger partial charge in [-0.1, -0.05) is 6.07 Å². The van der Waals surface area contributed by atoms with Crippen LogP contribution in [0.5, 0.6) is 11.5 Å². The van der Waals surface area contributed by atoms with E-state index >= 15 is 0 Å². The Kier molecular flexibility index (Phi) is 4.80. The van der Waals surface area contributed by atoms with E-state index in [1.54, 1.807) is 12.1 Å². The SMILES string of the molecule is COc1cc(CNC(=O)N2CC[C@H](S(C)(=O)=O)C2)ccc1O. The van der Waals surface area contributed by atoms with Crippen LogP contribution in [-0.4, -0.2) is 56.2 Å². The fourth-order valence-electron chi connectivity index (χ4n) is 2.38. The maximum absolute atomic E-state index is 12.1. The second kappa shape index (κ2) is 6.43. The Bertz CT molecular complexity index is 659. The largest absolute Gasteiger partial charge is 0.504 e. The Morgan fingerprint density at radius 1 is 1.50 bits per heavy atom. The van der Waals surface area contributed by atoms with Gasteiger partial charge in [0.2, 0.25) is 0 Å². The molecule has 8 heteroatoms. The molecule has 0 bridgehead atoms. The Balaban J connectivity index is 1.91. The molecule has 0 spiro atoms. The zero-order valence-corrected chi connectivity index (χ0v) is 13.4. The molecule has 1 aromatic rings. The van der Waals surface area contributed by atoms with E-state index in [9.17, 15) is 18.3 Å². The highest BCUT2D eigenvalue weighted by atomic mass is 32.2. The van der Waals surface area contributed by atoms with Crippen molar-refractivity contribution in [3.8, 4) is 11.5 Å². The van der Waals surface area contributed by atoms with Crippen LogP contribution in [0.25, 0.3) is 0 Å². The Labute approximate surface area is 129 Å². The fraction of sp³-hybridized carbons (Fsp3) is 0.500. The predicted octanol–water partition coefficient (Wildman–Crippen LogP) is 0.729. The van der Waals surface area contributed by atoms with Gasteiger partial charge in [-0.3, -0.25) is 0 Å². The van der Waals surface area contributed by atoms with Gasteiger partial charge in [0.05, 0.1) is 12.4 Å². The van der Waals surface area contributed by atoms with Gasteiger partial charge in [-0.2, -0.15) is 0 Å². The summed E-state index contributed by atoms with van der Waals surface area (Å²) in [5, 5.41) is 11.8. The molecule has 0 aliphatic carbocycles. The summed E-state index contributed by atoms with van der Waals surface area (Å²) in [7, 11) is -1.66. The number of aromatic hydroxyl groups is 1. The van der Waals surface area contributed by atoms with Crippen LogP contribution in [0.1, 0.15) is 12.0 Å². The first kappa shape index (κ1) is 16.4. The van der Waals surface area contributed by atoms with Gasteiger partial charge in [-0.15, -0.1) is 0 Å². The van der Waals surface area contributed by atoms with Crippen molar-refractivity contribution < 1.29 is 23.1 Å². The van der Waals surface area contributed by atoms with Crippen LogP contribution in [0, 0.1) is 0 Å². The van der Waals surface area contributed by atoms with E-state index in [1.165, 1.54) is 24.3 Å². The lowest BCUT2D eigenvalue weighted by atomic mass is 10.2. The number of hydrogen-bond acceptors (Lipinski definition) is 5. The number of rotatable bonds is 4. The maximum Gasteiger partial charge on any atom is 0.317 e. The average molecular weight is 328 g/mol. The molecule has 1 fully saturated rings. The molecule has 0 unspecified atom stereocenters. The molecule has 1 heterocycles. The van der Waals surface area contributed by atoms with Gasteiger partial charge in [-0.25, -0.2) is 13.2 Å². The number of phenols is 1. The molecule has 0 aromatic heterocycles. The first-order valence-corrected chi connectivity index (χ1v) is 8.84. The van der Waals surface area contributed by atoms with E-state index < -0.39 is 15.1 Å². The van der Waals surface area contributed by atoms with Crippen molar-refractivity contribution >= 4 is 15.9 Å². The summed E-state index contributed by atoms with van der Waals surface area (Å²) in [5.41, 5.74) is 0.779. The number of benzene rings is 1. The molecule has 7 nitrogen and oxygen atoms in total. The number of phenolic OH excluding ortho intramolecular Hbond substituents is 1. The molecule has 1 atom stereocenters. The third-order valence-electron chi connectivity index (χ3n) is 3.73. The highest BCUT2D eigenvalue weighted by Gasteiger charge is 2.32. The molecule has 22 heavy (non-hydrogen) atoms. The zero-order chi connectivity index (χ0) is 16.3. The summed E-state index contributed by atoms with van der Waals surface area (Å²) in [6.07, 6.45) is 1.67. The van der Waals surface area contributed by atoms with Gasteiger partial charge >= 0.3 is 6.03 Å². The Morgan fingerprint density at radius 3 is 2.82 bits per heavy atom. The second-order valence-electron chi connectivity index (χ2n) is 5.35. The van der Waals surface area contributed by atoms with Crippen LogP contribution < -0.4 is 10.1 Å². The van der Waals surface area contributed by atoms with Crippen LogP contribution in [0.15, 0.2) is 18.2 Å². The van der Waals surface area contributed by atoms with Crippen molar-refractivity contribution in [2.24, 2.45) is 0 Å². The summed E-state index contributed by atoms with van der Waals surface area (Å²) in [4.78, 5) is 13.6. The van der Waals surface area contributed by atoms with Crippen LogP contribution in [0.4, 0.5) is 4.79 Å². The van der Waals surface area contributed by atoms with E-state index in [0.29, 0.717) is 18.7 Å². The molecule has 1 aliphatic heterocycles. The molecular formula is C14H20N2O5S. The average Bonchev–Trinajstić information content (AvgIpc) is 2.96. The van der Waals surface area contributed by atoms with E-state index in [2.05, 4.69) is 5.32 Å². The quantitative estimate of drug-likeness (QED) is 0.849. The van der Waals surface area contributed by atoms with Gasteiger partial charge in [0.25, 0.3) is 0 Å². The first-order valence-electron chi connectivity index (χ1n) is 6.89. The smallest absolute Gasteiger partial charge is 0.317 e. The molecule has 1 aromatic carbocycles. The highest BCUT2D eigenvalue weighted by Crippen LogP contribution is 2.26. The number of carbonyl (C=O) groups excluding carboxylic acids is 1. The van der Waals surface area contributed by atoms with Gasteiger partial charge < -0.3 is 20.1 Å². The van der Waals surface area contributed by atoms with Crippen LogP contribution in [0.3, 0.4) is 0 Å². The molecule has 1 aliphatic rings. The minimum atomic E-state index is -3.12. The van der Waals surface area contributed by atoms with Gasteiger partial charge in [-0.05, 0) is 24.1 Å². The lowest BCUT2D eigenvalue weighted by molar-refractivity contribution is 0.208. The van der Waals surface area contributed by atoms with Crippen LogP contribution >= 0.6 is 0 Å².